The number of nitrogens with zero attached hydrogens (tertiary/aromatic N) is 1. The van der Waals surface area contributed by atoms with Crippen LogP contribution in [0, 0.1) is 0 Å². The molecule has 0 radical (unpaired) electrons. The summed E-state index contributed by atoms with van der Waals surface area (Å²) >= 11 is 0. The van der Waals surface area contributed by atoms with Crippen LogP contribution >= 0.6 is 0 Å². The number of fused-ring (bicyclic) bond motifs is 1. The first kappa shape index (κ1) is 11.1. The topological polar surface area (TPSA) is 26.0 Å². The van der Waals surface area contributed by atoms with E-state index in [0.717, 1.165) is 10.8 Å². The summed E-state index contributed by atoms with van der Waals surface area (Å²) in [4.78, 5) is 4.03. The van der Waals surface area contributed by atoms with Crippen molar-refractivity contribution < 1.29 is 4.42 Å². The Balaban J connectivity index is 2.67. The standard InChI is InChI=1S/C15H13NO/c1-2-7-14-8-3-4-9-15(14)13-17-12-6-11-16-10-5-1/h1-13H. The van der Waals surface area contributed by atoms with Crippen molar-refractivity contribution in [2.45, 2.75) is 0 Å². The second-order valence-corrected chi connectivity index (χ2v) is 3.40. The number of hydrogen-bond donors (Lipinski definition) is 0. The predicted molar refractivity (Wildman–Crippen MR) is 69.3 cm³/mol. The first-order valence-corrected chi connectivity index (χ1v) is 5.39. The quantitative estimate of drug-likeness (QED) is 0.672. The molecule has 0 unspecified atom stereocenters. The van der Waals surface area contributed by atoms with Gasteiger partial charge in [0.25, 0.3) is 0 Å². The van der Waals surface area contributed by atoms with E-state index >= 15 is 0 Å². The lowest BCUT2D eigenvalue weighted by Crippen LogP contribution is -1.64. The van der Waals surface area contributed by atoms with Crippen LogP contribution in [0.2, 0.25) is 0 Å². The Morgan fingerprint density at radius 3 is 2.29 bits per heavy atom. The van der Waals surface area contributed by atoms with Crippen molar-refractivity contribution in [3.63, 3.8) is 0 Å². The van der Waals surface area contributed by atoms with E-state index in [1.807, 2.05) is 48.5 Å². The molecule has 0 spiro atoms. The Hall–Kier alpha value is -2.35. The Kier molecular flexibility index (Phi) is 4.12. The highest BCUT2D eigenvalue weighted by atomic mass is 16.3. The van der Waals surface area contributed by atoms with Crippen molar-refractivity contribution in [1.82, 2.24) is 4.98 Å². The van der Waals surface area contributed by atoms with Crippen LogP contribution in [0.4, 0.5) is 0 Å². The largest absolute Gasteiger partial charge is 0.472 e. The minimum Gasteiger partial charge on any atom is -0.472 e. The molecule has 2 heteroatoms. The van der Waals surface area contributed by atoms with Crippen LogP contribution in [0.25, 0.3) is 10.8 Å². The molecule has 1 aromatic heterocycles. The molecule has 0 aliphatic heterocycles. The van der Waals surface area contributed by atoms with Gasteiger partial charge in [-0.3, -0.25) is 4.98 Å². The second-order valence-electron chi connectivity index (χ2n) is 3.40. The van der Waals surface area contributed by atoms with E-state index in [-0.39, 0.29) is 0 Å². The van der Waals surface area contributed by atoms with Gasteiger partial charge in [-0.2, -0.15) is 0 Å². The fourth-order valence-corrected chi connectivity index (χ4v) is 1.39. The third-order valence-corrected chi connectivity index (χ3v) is 2.19. The number of benzene rings is 1. The highest BCUT2D eigenvalue weighted by Crippen LogP contribution is 2.08. The SMILES string of the molecule is c1ccncccocc2ccccc2cc1. The summed E-state index contributed by atoms with van der Waals surface area (Å²) in [6, 6.07) is 17.6. The Morgan fingerprint density at radius 2 is 1.41 bits per heavy atom. The molecule has 2 nitrogen and oxygen atoms in total. The normalized spacial score (nSPS) is 9.18. The lowest BCUT2D eigenvalue weighted by molar-refractivity contribution is 0.559. The molecule has 17 heavy (non-hydrogen) atoms. The molecule has 0 atom stereocenters. The maximum absolute atomic E-state index is 5.31. The number of hydrogen-bond acceptors (Lipinski definition) is 2. The third-order valence-electron chi connectivity index (χ3n) is 2.19. The van der Waals surface area contributed by atoms with E-state index < -0.39 is 0 Å². The lowest BCUT2D eigenvalue weighted by Gasteiger charge is -1.89. The molecule has 2 aromatic rings. The van der Waals surface area contributed by atoms with E-state index in [1.54, 1.807) is 31.0 Å². The average molecular weight is 223 g/mol. The molecule has 0 bridgehead atoms. The zero-order chi connectivity index (χ0) is 11.8. The smallest absolute Gasteiger partial charge is 0.0979 e. The summed E-state index contributed by atoms with van der Waals surface area (Å²) in [6.07, 6.45) is 6.71. The molecule has 0 aliphatic carbocycles. The molecule has 1 heterocycles. The van der Waals surface area contributed by atoms with Crippen LogP contribution in [0.5, 0.6) is 0 Å². The van der Waals surface area contributed by atoms with Gasteiger partial charge < -0.3 is 4.42 Å². The third kappa shape index (κ3) is 3.61. The molecule has 84 valence electrons. The van der Waals surface area contributed by atoms with Crippen LogP contribution < -0.4 is 0 Å². The van der Waals surface area contributed by atoms with E-state index in [9.17, 15) is 0 Å². The lowest BCUT2D eigenvalue weighted by atomic mass is 10.2. The molecule has 1 aromatic carbocycles. The first-order valence-electron chi connectivity index (χ1n) is 5.39. The van der Waals surface area contributed by atoms with Gasteiger partial charge in [-0.1, -0.05) is 42.5 Å². The van der Waals surface area contributed by atoms with Crippen LogP contribution in [-0.4, -0.2) is 4.98 Å². The highest BCUT2D eigenvalue weighted by Gasteiger charge is 1.84. The summed E-state index contributed by atoms with van der Waals surface area (Å²) in [7, 11) is 0. The maximum Gasteiger partial charge on any atom is 0.0979 e. The average Bonchev–Trinajstić information content (AvgIpc) is 2.38. The van der Waals surface area contributed by atoms with Gasteiger partial charge in [0, 0.05) is 17.8 Å². The molecular weight excluding hydrogens is 210 g/mol. The fourth-order valence-electron chi connectivity index (χ4n) is 1.39. The molecule has 0 saturated carbocycles. The minimum absolute atomic E-state index is 1.04. The van der Waals surface area contributed by atoms with Crippen LogP contribution in [-0.2, 0) is 0 Å². The van der Waals surface area contributed by atoms with Gasteiger partial charge in [0.1, 0.15) is 0 Å². The molecule has 0 aliphatic rings. The van der Waals surface area contributed by atoms with Crippen LogP contribution in [0.3, 0.4) is 0 Å². The molecule has 0 fully saturated rings. The van der Waals surface area contributed by atoms with Gasteiger partial charge >= 0.3 is 0 Å². The summed E-state index contributed by atoms with van der Waals surface area (Å²) in [5.74, 6) is 0. The summed E-state index contributed by atoms with van der Waals surface area (Å²) < 4.78 is 5.31. The van der Waals surface area contributed by atoms with Gasteiger partial charge in [0.2, 0.25) is 0 Å². The molecule has 2 rings (SSSR count). The van der Waals surface area contributed by atoms with Crippen molar-refractivity contribution in [3.8, 4) is 0 Å². The fraction of sp³-hybridized carbons (Fsp3) is 0. The number of rotatable bonds is 0. The van der Waals surface area contributed by atoms with E-state index in [0.29, 0.717) is 0 Å². The molecule has 0 amide bonds. The van der Waals surface area contributed by atoms with E-state index in [1.165, 1.54) is 0 Å². The van der Waals surface area contributed by atoms with Gasteiger partial charge in [0.15, 0.2) is 0 Å². The first-order chi connectivity index (χ1) is 8.47. The van der Waals surface area contributed by atoms with Crippen LogP contribution in [0.1, 0.15) is 0 Å². The van der Waals surface area contributed by atoms with Crippen molar-refractivity contribution in [2.75, 3.05) is 0 Å². The Labute approximate surface area is 100 Å². The minimum atomic E-state index is 1.04. The summed E-state index contributed by atoms with van der Waals surface area (Å²) in [6.45, 7) is 0. The number of aromatic nitrogens is 1. The summed E-state index contributed by atoms with van der Waals surface area (Å²) in [5, 5.41) is 2.16. The molecule has 0 N–H and O–H groups in total. The monoisotopic (exact) mass is 223 g/mol. The van der Waals surface area contributed by atoms with E-state index in [2.05, 4.69) is 4.98 Å². The van der Waals surface area contributed by atoms with Gasteiger partial charge in [0.05, 0.1) is 12.5 Å². The predicted octanol–water partition coefficient (Wildman–Crippen LogP) is 4.08. The van der Waals surface area contributed by atoms with Crippen molar-refractivity contribution in [3.05, 3.63) is 79.5 Å². The van der Waals surface area contributed by atoms with Crippen molar-refractivity contribution in [2.24, 2.45) is 0 Å². The highest BCUT2D eigenvalue weighted by molar-refractivity contribution is 5.80. The Morgan fingerprint density at radius 1 is 0.706 bits per heavy atom. The molecular formula is C15H13NO. The van der Waals surface area contributed by atoms with Crippen LogP contribution in [0.15, 0.2) is 83.9 Å². The summed E-state index contributed by atoms with van der Waals surface area (Å²) in [5.41, 5.74) is 0. The van der Waals surface area contributed by atoms with Crippen molar-refractivity contribution >= 4 is 10.8 Å². The second kappa shape index (κ2) is 6.28. The van der Waals surface area contributed by atoms with E-state index in [4.69, 9.17) is 4.42 Å². The maximum atomic E-state index is 5.31. The van der Waals surface area contributed by atoms with Gasteiger partial charge in [-0.15, -0.1) is 0 Å². The Bertz CT molecular complexity index is 536. The zero-order valence-electron chi connectivity index (χ0n) is 9.36. The zero-order valence-corrected chi connectivity index (χ0v) is 9.36. The molecule has 0 saturated heterocycles. The van der Waals surface area contributed by atoms with Gasteiger partial charge in [-0.05, 0) is 17.5 Å². The van der Waals surface area contributed by atoms with Gasteiger partial charge in [-0.25, -0.2) is 0 Å². The van der Waals surface area contributed by atoms with Crippen molar-refractivity contribution in [1.29, 1.82) is 0 Å².